The Morgan fingerprint density at radius 3 is 1.23 bits per heavy atom. The highest BCUT2D eigenvalue weighted by Crippen LogP contribution is 2.41. The quantitative estimate of drug-likeness (QED) is 0.107. The van der Waals surface area contributed by atoms with E-state index in [1.165, 1.54) is 91.8 Å². The fraction of sp³-hybridized carbons (Fsp3) is 0. The Morgan fingerprint density at radius 2 is 0.657 bits per heavy atom. The number of benzene rings is 11. The second-order valence-electron chi connectivity index (χ2n) is 18.4. The normalized spacial score (nSPS) is 12.0. The molecule has 3 nitrogen and oxygen atoms in total. The van der Waals surface area contributed by atoms with Crippen molar-refractivity contribution in [2.24, 2.45) is 0 Å². The predicted octanol–water partition coefficient (Wildman–Crippen LogP) is 14.0. The van der Waals surface area contributed by atoms with Gasteiger partial charge < -0.3 is 13.7 Å². The van der Waals surface area contributed by atoms with Crippen LogP contribution < -0.4 is 20.7 Å². The van der Waals surface area contributed by atoms with Crippen molar-refractivity contribution in [3.63, 3.8) is 0 Å². The summed E-state index contributed by atoms with van der Waals surface area (Å²) in [4.78, 5) is 0. The van der Waals surface area contributed by atoms with E-state index in [4.69, 9.17) is 0 Å². The van der Waals surface area contributed by atoms with Crippen molar-refractivity contribution in [1.82, 2.24) is 13.7 Å². The van der Waals surface area contributed by atoms with Crippen LogP contribution in [0.3, 0.4) is 0 Å². The number of nitrogens with zero attached hydrogens (tertiary/aromatic N) is 3. The zero-order valence-electron chi connectivity index (χ0n) is 38.3. The fourth-order valence-electron chi connectivity index (χ4n) is 11.9. The molecule has 14 rings (SSSR count). The average Bonchev–Trinajstić information content (AvgIpc) is 4.08. The van der Waals surface area contributed by atoms with E-state index in [0.29, 0.717) is 0 Å². The number of aromatic nitrogens is 3. The Labute approximate surface area is 407 Å². The van der Waals surface area contributed by atoms with Crippen LogP contribution in [0.2, 0.25) is 0 Å². The minimum absolute atomic E-state index is 1.12. The molecule has 0 aliphatic heterocycles. The van der Waals surface area contributed by atoms with Crippen LogP contribution in [0.1, 0.15) is 0 Å². The van der Waals surface area contributed by atoms with E-state index in [9.17, 15) is 0 Å². The molecule has 0 atom stereocenters. The molecule has 70 heavy (non-hydrogen) atoms. The summed E-state index contributed by atoms with van der Waals surface area (Å²) in [6, 6.07) is 102. The van der Waals surface area contributed by atoms with Gasteiger partial charge in [0, 0.05) is 43.7 Å². The molecule has 0 saturated carbocycles. The van der Waals surface area contributed by atoms with Gasteiger partial charge >= 0.3 is 0 Å². The van der Waals surface area contributed by atoms with E-state index in [1.54, 1.807) is 0 Å². The summed E-state index contributed by atoms with van der Waals surface area (Å²) in [5.41, 5.74) is 12.9. The van der Waals surface area contributed by atoms with Gasteiger partial charge in [0.05, 0.1) is 38.8 Å². The van der Waals surface area contributed by atoms with Crippen molar-refractivity contribution >= 4 is 94.2 Å². The van der Waals surface area contributed by atoms with Gasteiger partial charge in [0.25, 0.3) is 0 Å². The van der Waals surface area contributed by atoms with E-state index in [-0.39, 0.29) is 0 Å². The summed E-state index contributed by atoms with van der Waals surface area (Å²) in [5.74, 6) is 0. The van der Waals surface area contributed by atoms with Crippen molar-refractivity contribution in [2.75, 3.05) is 0 Å². The Kier molecular flexibility index (Phi) is 9.23. The molecule has 0 N–H and O–H groups in total. The molecule has 11 aromatic carbocycles. The van der Waals surface area contributed by atoms with E-state index in [2.05, 4.69) is 287 Å². The molecular weight excluding hydrogens is 863 g/mol. The molecule has 328 valence electrons. The molecular formula is C66H45N3Si. The number of fused-ring (bicyclic) bond motifs is 9. The van der Waals surface area contributed by atoms with E-state index < -0.39 is 8.07 Å². The van der Waals surface area contributed by atoms with Crippen LogP contribution in [0, 0.1) is 0 Å². The van der Waals surface area contributed by atoms with Crippen molar-refractivity contribution in [3.05, 3.63) is 273 Å². The molecule has 14 aromatic rings. The van der Waals surface area contributed by atoms with Crippen LogP contribution in [0.15, 0.2) is 273 Å². The summed E-state index contributed by atoms with van der Waals surface area (Å²) < 4.78 is 7.58. The maximum Gasteiger partial charge on any atom is 0.181 e. The number of hydrogen-bond donors (Lipinski definition) is 0. The first kappa shape index (κ1) is 40.1. The van der Waals surface area contributed by atoms with E-state index >= 15 is 0 Å². The third kappa shape index (κ3) is 5.94. The lowest BCUT2D eigenvalue weighted by Gasteiger charge is -2.35. The molecule has 0 fully saturated rings. The smallest absolute Gasteiger partial charge is 0.181 e. The number of para-hydroxylation sites is 5. The summed E-state index contributed by atoms with van der Waals surface area (Å²) in [6.45, 7) is 0. The first-order valence-corrected chi connectivity index (χ1v) is 26.2. The minimum atomic E-state index is -3.08. The summed E-state index contributed by atoms with van der Waals surface area (Å²) >= 11 is 0. The Hall–Kier alpha value is -8.96. The minimum Gasteiger partial charge on any atom is -0.309 e. The topological polar surface area (TPSA) is 14.8 Å². The SMILES string of the molecule is c1ccc(-c2ccc(-n3c4ccccc4c4cccc(-n5c6ccc(-n7c8ccccc8c8ccccc87)cc6c6cccc([Si](c7ccccc7)(c7ccccc7)c7ccccc7)c65)c43)cc2)cc1. The van der Waals surface area contributed by atoms with Crippen LogP contribution in [0.5, 0.6) is 0 Å². The Balaban J connectivity index is 1.15. The fourth-order valence-corrected chi connectivity index (χ4v) is 16.8. The van der Waals surface area contributed by atoms with Gasteiger partial charge in [0.15, 0.2) is 8.07 Å². The third-order valence-corrected chi connectivity index (χ3v) is 19.6. The van der Waals surface area contributed by atoms with Gasteiger partial charge in [-0.25, -0.2) is 0 Å². The van der Waals surface area contributed by atoms with Crippen molar-refractivity contribution in [3.8, 4) is 28.2 Å². The van der Waals surface area contributed by atoms with Crippen LogP contribution in [-0.4, -0.2) is 21.8 Å². The Bertz CT molecular complexity index is 4110. The van der Waals surface area contributed by atoms with Crippen LogP contribution in [0.4, 0.5) is 0 Å². The lowest BCUT2D eigenvalue weighted by atomic mass is 10.1. The summed E-state index contributed by atoms with van der Waals surface area (Å²) in [5, 5.41) is 12.7. The zero-order valence-corrected chi connectivity index (χ0v) is 39.3. The van der Waals surface area contributed by atoms with Gasteiger partial charge in [-0.3, -0.25) is 0 Å². The lowest BCUT2D eigenvalue weighted by molar-refractivity contribution is 1.13. The Morgan fingerprint density at radius 1 is 0.243 bits per heavy atom. The van der Waals surface area contributed by atoms with Gasteiger partial charge in [-0.15, -0.1) is 0 Å². The molecule has 0 radical (unpaired) electrons. The van der Waals surface area contributed by atoms with Gasteiger partial charge in [-0.1, -0.05) is 218 Å². The second-order valence-corrected chi connectivity index (χ2v) is 22.2. The highest BCUT2D eigenvalue weighted by molar-refractivity contribution is 7.20. The van der Waals surface area contributed by atoms with Gasteiger partial charge in [-0.05, 0) is 86.5 Å². The van der Waals surface area contributed by atoms with Crippen molar-refractivity contribution < 1.29 is 0 Å². The van der Waals surface area contributed by atoms with Crippen LogP contribution in [0.25, 0.3) is 93.6 Å². The molecule has 0 aliphatic rings. The van der Waals surface area contributed by atoms with Gasteiger partial charge in [0.2, 0.25) is 0 Å². The highest BCUT2D eigenvalue weighted by Gasteiger charge is 2.43. The summed E-state index contributed by atoms with van der Waals surface area (Å²) in [6.07, 6.45) is 0. The van der Waals surface area contributed by atoms with Crippen molar-refractivity contribution in [2.45, 2.75) is 0 Å². The third-order valence-electron chi connectivity index (χ3n) is 14.8. The van der Waals surface area contributed by atoms with Crippen LogP contribution >= 0.6 is 0 Å². The number of hydrogen-bond acceptors (Lipinski definition) is 0. The van der Waals surface area contributed by atoms with E-state index in [1.807, 2.05) is 0 Å². The molecule has 0 unspecified atom stereocenters. The molecule has 3 aromatic heterocycles. The maximum atomic E-state index is 2.63. The monoisotopic (exact) mass is 907 g/mol. The second kappa shape index (κ2) is 16.1. The largest absolute Gasteiger partial charge is 0.309 e. The molecule has 0 spiro atoms. The zero-order chi connectivity index (χ0) is 46.2. The number of rotatable bonds is 8. The average molecular weight is 908 g/mol. The first-order valence-electron chi connectivity index (χ1n) is 24.2. The van der Waals surface area contributed by atoms with E-state index in [0.717, 1.165) is 22.6 Å². The highest BCUT2D eigenvalue weighted by atomic mass is 28.3. The lowest BCUT2D eigenvalue weighted by Crippen LogP contribution is -2.75. The molecule has 0 saturated heterocycles. The first-order chi connectivity index (χ1) is 34.8. The molecule has 3 heterocycles. The molecule has 0 amide bonds. The molecule has 4 heteroatoms. The van der Waals surface area contributed by atoms with Crippen molar-refractivity contribution in [1.29, 1.82) is 0 Å². The maximum absolute atomic E-state index is 3.08. The predicted molar refractivity (Wildman–Crippen MR) is 299 cm³/mol. The van der Waals surface area contributed by atoms with Crippen LogP contribution in [-0.2, 0) is 0 Å². The van der Waals surface area contributed by atoms with Gasteiger partial charge in [0.1, 0.15) is 0 Å². The standard InChI is InChI=1S/C66H45N3Si/c1-5-21-46(22-6-1)47-39-41-48(42-40-47)68-61-36-18-15-31-55(61)56-32-19-37-63(65(56)68)69-62-44-43-49(67-59-34-16-13-29-53(59)54-30-14-17-35-60(54)67)45-58(62)57-33-20-38-64(66(57)69)70(50-23-7-2-8-24-50,51-25-9-3-10-26-51)52-27-11-4-12-28-52/h1-45H. The summed E-state index contributed by atoms with van der Waals surface area (Å²) in [7, 11) is -3.08. The molecule has 0 bridgehead atoms. The van der Waals surface area contributed by atoms with Gasteiger partial charge in [-0.2, -0.15) is 0 Å². The molecule has 0 aliphatic carbocycles.